The number of rotatable bonds is 6. The molecule has 4 heteroatoms. The van der Waals surface area contributed by atoms with Gasteiger partial charge in [0, 0.05) is 19.6 Å². The number of carboxylic acids is 1. The molecule has 110 valence electrons. The summed E-state index contributed by atoms with van der Waals surface area (Å²) in [5.74, 6) is 0.207. The van der Waals surface area contributed by atoms with Crippen LogP contribution in [0.1, 0.15) is 25.8 Å². The minimum atomic E-state index is -0.677. The van der Waals surface area contributed by atoms with Crippen LogP contribution in [0.3, 0.4) is 0 Å². The molecule has 0 amide bonds. The summed E-state index contributed by atoms with van der Waals surface area (Å²) in [4.78, 5) is 13.3. The highest BCUT2D eigenvalue weighted by Crippen LogP contribution is 2.25. The lowest BCUT2D eigenvalue weighted by Crippen LogP contribution is -2.23. The van der Waals surface area contributed by atoms with Crippen LogP contribution in [0.15, 0.2) is 24.3 Å². The topological polar surface area (TPSA) is 49.8 Å². The van der Waals surface area contributed by atoms with Crippen LogP contribution in [-0.2, 0) is 11.3 Å². The number of aliphatic carboxylic acids is 1. The van der Waals surface area contributed by atoms with Crippen LogP contribution in [0.2, 0.25) is 0 Å². The van der Waals surface area contributed by atoms with Crippen molar-refractivity contribution in [3.63, 3.8) is 0 Å². The van der Waals surface area contributed by atoms with E-state index in [1.807, 2.05) is 19.1 Å². The monoisotopic (exact) mass is 277 g/mol. The van der Waals surface area contributed by atoms with Gasteiger partial charge in [-0.1, -0.05) is 26.0 Å². The standard InChI is InChI=1S/C16H23NO3/c1-3-8-20-14-6-4-13(5-7-14)10-17-9-12(2)15(11-17)16(18)19/h4-7,12,15H,3,8-11H2,1-2H3,(H,18,19)/t12-,15-/m1/s1. The Morgan fingerprint density at radius 1 is 1.35 bits per heavy atom. The number of hydrogen-bond acceptors (Lipinski definition) is 3. The first kappa shape index (κ1) is 14.9. The second-order valence-corrected chi connectivity index (χ2v) is 5.61. The van der Waals surface area contributed by atoms with Crippen molar-refractivity contribution >= 4 is 5.97 Å². The average Bonchev–Trinajstić information content (AvgIpc) is 2.79. The summed E-state index contributed by atoms with van der Waals surface area (Å²) in [6.45, 7) is 7.14. The van der Waals surface area contributed by atoms with Gasteiger partial charge < -0.3 is 9.84 Å². The number of likely N-dealkylation sites (tertiary alicyclic amines) is 1. The third kappa shape index (κ3) is 3.73. The molecule has 0 aliphatic carbocycles. The molecule has 1 aromatic rings. The van der Waals surface area contributed by atoms with Gasteiger partial charge in [0.2, 0.25) is 0 Å². The summed E-state index contributed by atoms with van der Waals surface area (Å²) in [6.07, 6.45) is 1.00. The van der Waals surface area contributed by atoms with Crippen LogP contribution in [0.5, 0.6) is 5.75 Å². The predicted octanol–water partition coefficient (Wildman–Crippen LogP) is 2.63. The van der Waals surface area contributed by atoms with Crippen LogP contribution in [0.25, 0.3) is 0 Å². The number of hydrogen-bond donors (Lipinski definition) is 1. The Labute approximate surface area is 120 Å². The zero-order valence-corrected chi connectivity index (χ0v) is 12.2. The maximum atomic E-state index is 11.1. The highest BCUT2D eigenvalue weighted by Gasteiger charge is 2.34. The summed E-state index contributed by atoms with van der Waals surface area (Å²) >= 11 is 0. The largest absolute Gasteiger partial charge is 0.494 e. The van der Waals surface area contributed by atoms with Gasteiger partial charge in [0.1, 0.15) is 5.75 Å². The lowest BCUT2D eigenvalue weighted by molar-refractivity contribution is -0.142. The quantitative estimate of drug-likeness (QED) is 0.868. The number of nitrogens with zero attached hydrogens (tertiary/aromatic N) is 1. The van der Waals surface area contributed by atoms with E-state index < -0.39 is 5.97 Å². The summed E-state index contributed by atoms with van der Waals surface area (Å²) in [5, 5.41) is 9.14. The van der Waals surface area contributed by atoms with E-state index in [1.54, 1.807) is 0 Å². The fraction of sp³-hybridized carbons (Fsp3) is 0.562. The predicted molar refractivity (Wildman–Crippen MR) is 77.8 cm³/mol. The third-order valence-corrected chi connectivity index (χ3v) is 3.81. The Morgan fingerprint density at radius 3 is 2.60 bits per heavy atom. The normalized spacial score (nSPS) is 22.9. The molecule has 0 spiro atoms. The van der Waals surface area contributed by atoms with Gasteiger partial charge in [0.15, 0.2) is 0 Å². The maximum absolute atomic E-state index is 11.1. The molecule has 0 radical (unpaired) electrons. The van der Waals surface area contributed by atoms with Crippen molar-refractivity contribution in [2.75, 3.05) is 19.7 Å². The smallest absolute Gasteiger partial charge is 0.308 e. The van der Waals surface area contributed by atoms with E-state index in [4.69, 9.17) is 9.84 Å². The second kappa shape index (κ2) is 6.75. The van der Waals surface area contributed by atoms with E-state index in [0.29, 0.717) is 6.54 Å². The van der Waals surface area contributed by atoms with Gasteiger partial charge in [-0.2, -0.15) is 0 Å². The fourth-order valence-electron chi connectivity index (χ4n) is 2.69. The molecule has 2 rings (SSSR count). The molecule has 20 heavy (non-hydrogen) atoms. The molecular formula is C16H23NO3. The Morgan fingerprint density at radius 2 is 2.05 bits per heavy atom. The third-order valence-electron chi connectivity index (χ3n) is 3.81. The molecule has 0 saturated carbocycles. The van der Waals surface area contributed by atoms with Crippen molar-refractivity contribution < 1.29 is 14.6 Å². The first-order valence-electron chi connectivity index (χ1n) is 7.27. The molecule has 0 unspecified atom stereocenters. The molecule has 1 aliphatic heterocycles. The minimum absolute atomic E-state index is 0.222. The summed E-state index contributed by atoms with van der Waals surface area (Å²) < 4.78 is 5.55. The number of carbonyl (C=O) groups is 1. The van der Waals surface area contributed by atoms with Gasteiger partial charge in [-0.05, 0) is 30.0 Å². The van der Waals surface area contributed by atoms with E-state index in [2.05, 4.69) is 24.0 Å². The average molecular weight is 277 g/mol. The molecular weight excluding hydrogens is 254 g/mol. The van der Waals surface area contributed by atoms with Gasteiger partial charge in [-0.25, -0.2) is 0 Å². The lowest BCUT2D eigenvalue weighted by atomic mass is 9.99. The molecule has 1 saturated heterocycles. The van der Waals surface area contributed by atoms with Gasteiger partial charge in [-0.15, -0.1) is 0 Å². The molecule has 1 fully saturated rings. The van der Waals surface area contributed by atoms with Crippen LogP contribution in [0.4, 0.5) is 0 Å². The zero-order chi connectivity index (χ0) is 14.5. The number of carboxylic acid groups (broad SMARTS) is 1. The van der Waals surface area contributed by atoms with Gasteiger partial charge >= 0.3 is 5.97 Å². The van der Waals surface area contributed by atoms with Crippen molar-refractivity contribution in [3.05, 3.63) is 29.8 Å². The Kier molecular flexibility index (Phi) is 5.01. The van der Waals surface area contributed by atoms with Crippen LogP contribution >= 0.6 is 0 Å². The molecule has 1 heterocycles. The summed E-state index contributed by atoms with van der Waals surface area (Å²) in [7, 11) is 0. The highest BCUT2D eigenvalue weighted by atomic mass is 16.5. The van der Waals surface area contributed by atoms with Crippen molar-refractivity contribution in [1.29, 1.82) is 0 Å². The molecule has 0 aromatic heterocycles. The zero-order valence-electron chi connectivity index (χ0n) is 12.2. The first-order chi connectivity index (χ1) is 9.60. The van der Waals surface area contributed by atoms with Crippen LogP contribution < -0.4 is 4.74 Å². The number of benzene rings is 1. The molecule has 0 bridgehead atoms. The Bertz CT molecular complexity index is 444. The van der Waals surface area contributed by atoms with Gasteiger partial charge in [0.25, 0.3) is 0 Å². The minimum Gasteiger partial charge on any atom is -0.494 e. The fourth-order valence-corrected chi connectivity index (χ4v) is 2.69. The molecule has 2 atom stereocenters. The van der Waals surface area contributed by atoms with Gasteiger partial charge in [-0.3, -0.25) is 9.69 Å². The van der Waals surface area contributed by atoms with E-state index >= 15 is 0 Å². The molecule has 1 N–H and O–H groups in total. The van der Waals surface area contributed by atoms with Gasteiger partial charge in [0.05, 0.1) is 12.5 Å². The summed E-state index contributed by atoms with van der Waals surface area (Å²) in [6, 6.07) is 8.09. The van der Waals surface area contributed by atoms with E-state index in [1.165, 1.54) is 5.56 Å². The first-order valence-corrected chi connectivity index (χ1v) is 7.27. The molecule has 1 aliphatic rings. The van der Waals surface area contributed by atoms with Crippen molar-refractivity contribution in [2.45, 2.75) is 26.8 Å². The van der Waals surface area contributed by atoms with Crippen LogP contribution in [-0.4, -0.2) is 35.7 Å². The van der Waals surface area contributed by atoms with E-state index in [0.717, 1.165) is 31.9 Å². The Hall–Kier alpha value is -1.55. The second-order valence-electron chi connectivity index (χ2n) is 5.61. The lowest BCUT2D eigenvalue weighted by Gasteiger charge is -2.15. The highest BCUT2D eigenvalue weighted by molar-refractivity contribution is 5.71. The van der Waals surface area contributed by atoms with Crippen LogP contribution in [0, 0.1) is 11.8 Å². The van der Waals surface area contributed by atoms with E-state index in [9.17, 15) is 4.79 Å². The van der Waals surface area contributed by atoms with Crippen molar-refractivity contribution in [1.82, 2.24) is 4.90 Å². The van der Waals surface area contributed by atoms with Crippen molar-refractivity contribution in [2.24, 2.45) is 11.8 Å². The SMILES string of the molecule is CCCOc1ccc(CN2C[C@@H](C)[C@H](C(=O)O)C2)cc1. The van der Waals surface area contributed by atoms with Crippen molar-refractivity contribution in [3.8, 4) is 5.75 Å². The Balaban J connectivity index is 1.89. The molecule has 4 nitrogen and oxygen atoms in total. The molecule has 1 aromatic carbocycles. The number of ether oxygens (including phenoxy) is 1. The van der Waals surface area contributed by atoms with E-state index in [-0.39, 0.29) is 11.8 Å². The summed E-state index contributed by atoms with van der Waals surface area (Å²) in [5.41, 5.74) is 1.20. The maximum Gasteiger partial charge on any atom is 0.308 e.